The van der Waals surface area contributed by atoms with Crippen LogP contribution in [-0.4, -0.2) is 12.0 Å². The van der Waals surface area contributed by atoms with Crippen LogP contribution in [0.5, 0.6) is 5.75 Å². The van der Waals surface area contributed by atoms with Gasteiger partial charge in [-0.15, -0.1) is 0 Å². The highest BCUT2D eigenvalue weighted by Gasteiger charge is 2.17. The van der Waals surface area contributed by atoms with Crippen LogP contribution in [0.4, 0.5) is 10.1 Å². The highest BCUT2D eigenvalue weighted by Crippen LogP contribution is 2.32. The van der Waals surface area contributed by atoms with Crippen molar-refractivity contribution in [3.05, 3.63) is 58.4 Å². The van der Waals surface area contributed by atoms with Gasteiger partial charge in [-0.25, -0.2) is 4.39 Å². The van der Waals surface area contributed by atoms with Crippen LogP contribution >= 0.6 is 0 Å². The molecular formula is C13H10FNO3. The summed E-state index contributed by atoms with van der Waals surface area (Å²) < 4.78 is 18.8. The van der Waals surface area contributed by atoms with Crippen molar-refractivity contribution < 1.29 is 14.1 Å². The maximum atomic E-state index is 13.9. The van der Waals surface area contributed by atoms with Crippen molar-refractivity contribution >= 4 is 5.69 Å². The molecule has 0 atom stereocenters. The fourth-order valence-corrected chi connectivity index (χ4v) is 1.70. The van der Waals surface area contributed by atoms with Crippen LogP contribution in [0.3, 0.4) is 0 Å². The normalized spacial score (nSPS) is 10.1. The van der Waals surface area contributed by atoms with Gasteiger partial charge in [0.05, 0.1) is 17.6 Å². The second kappa shape index (κ2) is 4.83. The monoisotopic (exact) mass is 247 g/mol. The van der Waals surface area contributed by atoms with Crippen LogP contribution in [0, 0.1) is 15.9 Å². The first-order valence-electron chi connectivity index (χ1n) is 5.21. The Balaban J connectivity index is 2.59. The van der Waals surface area contributed by atoms with Gasteiger partial charge in [-0.1, -0.05) is 12.1 Å². The number of rotatable bonds is 3. The van der Waals surface area contributed by atoms with Crippen LogP contribution in [-0.2, 0) is 0 Å². The first kappa shape index (κ1) is 12.0. The molecule has 0 aliphatic rings. The average molecular weight is 247 g/mol. The maximum Gasteiger partial charge on any atom is 0.277 e. The van der Waals surface area contributed by atoms with E-state index in [1.165, 1.54) is 31.4 Å². The fourth-order valence-electron chi connectivity index (χ4n) is 1.70. The topological polar surface area (TPSA) is 52.4 Å². The molecule has 0 amide bonds. The zero-order chi connectivity index (χ0) is 13.1. The Kier molecular flexibility index (Phi) is 3.23. The molecular weight excluding hydrogens is 237 g/mol. The third kappa shape index (κ3) is 2.15. The Bertz CT molecular complexity index is 599. The number of hydrogen-bond donors (Lipinski definition) is 0. The summed E-state index contributed by atoms with van der Waals surface area (Å²) in [6, 6.07) is 10.3. The minimum Gasteiger partial charge on any atom is -0.497 e. The maximum absolute atomic E-state index is 13.9. The zero-order valence-electron chi connectivity index (χ0n) is 9.59. The number of hydrogen-bond acceptors (Lipinski definition) is 3. The number of benzene rings is 2. The summed E-state index contributed by atoms with van der Waals surface area (Å²) in [4.78, 5) is 10.4. The molecule has 0 N–H and O–H groups in total. The molecule has 2 rings (SSSR count). The van der Waals surface area contributed by atoms with Crippen molar-refractivity contribution in [2.24, 2.45) is 0 Å². The smallest absolute Gasteiger partial charge is 0.277 e. The minimum atomic E-state index is -0.552. The molecule has 0 heterocycles. The van der Waals surface area contributed by atoms with Gasteiger partial charge in [0.25, 0.3) is 5.69 Å². The highest BCUT2D eigenvalue weighted by molar-refractivity contribution is 5.74. The number of para-hydroxylation sites is 1. The van der Waals surface area contributed by atoms with Gasteiger partial charge in [0.1, 0.15) is 11.6 Å². The molecule has 4 nitrogen and oxygen atoms in total. The molecule has 0 saturated heterocycles. The fraction of sp³-hybridized carbons (Fsp3) is 0.0769. The summed E-state index contributed by atoms with van der Waals surface area (Å²) >= 11 is 0. The largest absolute Gasteiger partial charge is 0.497 e. The predicted octanol–water partition coefficient (Wildman–Crippen LogP) is 3.41. The number of ether oxygens (including phenoxy) is 1. The molecule has 0 radical (unpaired) electrons. The summed E-state index contributed by atoms with van der Waals surface area (Å²) in [7, 11) is 1.43. The Morgan fingerprint density at radius 3 is 2.50 bits per heavy atom. The molecule has 2 aromatic carbocycles. The van der Waals surface area contributed by atoms with E-state index < -0.39 is 10.7 Å². The first-order valence-corrected chi connectivity index (χ1v) is 5.21. The van der Waals surface area contributed by atoms with Crippen molar-refractivity contribution in [2.45, 2.75) is 0 Å². The van der Waals surface area contributed by atoms with Gasteiger partial charge in [-0.3, -0.25) is 10.1 Å². The highest BCUT2D eigenvalue weighted by atomic mass is 19.1. The quantitative estimate of drug-likeness (QED) is 0.617. The summed E-state index contributed by atoms with van der Waals surface area (Å²) in [5.41, 5.74) is 0.312. The molecule has 0 spiro atoms. The zero-order valence-corrected chi connectivity index (χ0v) is 9.59. The number of nitro benzene ring substituents is 1. The molecule has 5 heteroatoms. The molecule has 18 heavy (non-hydrogen) atoms. The second-order valence-electron chi connectivity index (χ2n) is 3.62. The summed E-state index contributed by atoms with van der Waals surface area (Å²) in [6.45, 7) is 0. The van der Waals surface area contributed by atoms with E-state index in [1.54, 1.807) is 18.2 Å². The van der Waals surface area contributed by atoms with Crippen LogP contribution in [0.25, 0.3) is 11.1 Å². The average Bonchev–Trinajstić information content (AvgIpc) is 2.38. The van der Waals surface area contributed by atoms with E-state index in [4.69, 9.17) is 4.74 Å². The van der Waals surface area contributed by atoms with Gasteiger partial charge in [0, 0.05) is 17.7 Å². The predicted molar refractivity (Wildman–Crippen MR) is 65.0 cm³/mol. The molecule has 0 unspecified atom stereocenters. The van der Waals surface area contributed by atoms with Crippen LogP contribution in [0.2, 0.25) is 0 Å². The molecule has 0 fully saturated rings. The summed E-state index contributed by atoms with van der Waals surface area (Å²) in [5, 5.41) is 10.9. The standard InChI is InChI=1S/C13H10FNO3/c1-18-9-6-7-10(12(14)8-9)11-4-2-3-5-13(11)15(16)17/h2-8H,1H3. The van der Waals surface area contributed by atoms with Gasteiger partial charge < -0.3 is 4.74 Å². The SMILES string of the molecule is COc1ccc(-c2ccccc2[N+](=O)[O-])c(F)c1. The van der Waals surface area contributed by atoms with E-state index >= 15 is 0 Å². The Morgan fingerprint density at radius 1 is 1.17 bits per heavy atom. The van der Waals surface area contributed by atoms with Crippen LogP contribution in [0.1, 0.15) is 0 Å². The number of nitrogens with zero attached hydrogens (tertiary/aromatic N) is 1. The third-order valence-electron chi connectivity index (χ3n) is 2.57. The van der Waals surface area contributed by atoms with E-state index in [9.17, 15) is 14.5 Å². The Morgan fingerprint density at radius 2 is 1.89 bits per heavy atom. The number of halogens is 1. The van der Waals surface area contributed by atoms with Gasteiger partial charge in [0.2, 0.25) is 0 Å². The Hall–Kier alpha value is -2.43. The molecule has 0 bridgehead atoms. The third-order valence-corrected chi connectivity index (χ3v) is 2.57. The van der Waals surface area contributed by atoms with Gasteiger partial charge in [-0.2, -0.15) is 0 Å². The minimum absolute atomic E-state index is 0.124. The van der Waals surface area contributed by atoms with Crippen molar-refractivity contribution in [2.75, 3.05) is 7.11 Å². The van der Waals surface area contributed by atoms with E-state index in [1.807, 2.05) is 0 Å². The van der Waals surface area contributed by atoms with Crippen molar-refractivity contribution in [1.82, 2.24) is 0 Å². The second-order valence-corrected chi connectivity index (χ2v) is 3.62. The lowest BCUT2D eigenvalue weighted by Crippen LogP contribution is -1.94. The molecule has 0 aliphatic carbocycles. The summed E-state index contributed by atoms with van der Waals surface area (Å²) in [6.07, 6.45) is 0. The summed E-state index contributed by atoms with van der Waals surface area (Å²) in [5.74, 6) is -0.182. The van der Waals surface area contributed by atoms with Crippen LogP contribution < -0.4 is 4.74 Å². The van der Waals surface area contributed by atoms with Gasteiger partial charge in [0.15, 0.2) is 0 Å². The van der Waals surface area contributed by atoms with E-state index in [2.05, 4.69) is 0 Å². The van der Waals surface area contributed by atoms with Crippen molar-refractivity contribution in [3.63, 3.8) is 0 Å². The lowest BCUT2D eigenvalue weighted by molar-refractivity contribution is -0.384. The lowest BCUT2D eigenvalue weighted by Gasteiger charge is -2.06. The molecule has 92 valence electrons. The van der Waals surface area contributed by atoms with Crippen LogP contribution in [0.15, 0.2) is 42.5 Å². The molecule has 0 aliphatic heterocycles. The molecule has 2 aromatic rings. The van der Waals surface area contributed by atoms with Gasteiger partial charge >= 0.3 is 0 Å². The van der Waals surface area contributed by atoms with E-state index in [0.717, 1.165) is 0 Å². The van der Waals surface area contributed by atoms with Crippen molar-refractivity contribution in [1.29, 1.82) is 0 Å². The van der Waals surface area contributed by atoms with E-state index in [0.29, 0.717) is 5.75 Å². The lowest BCUT2D eigenvalue weighted by atomic mass is 10.0. The molecule has 0 aromatic heterocycles. The number of methoxy groups -OCH3 is 1. The molecule has 0 saturated carbocycles. The number of nitro groups is 1. The van der Waals surface area contributed by atoms with E-state index in [-0.39, 0.29) is 16.8 Å². The first-order chi connectivity index (χ1) is 8.63. The van der Waals surface area contributed by atoms with Gasteiger partial charge in [-0.05, 0) is 18.2 Å². The van der Waals surface area contributed by atoms with Crippen molar-refractivity contribution in [3.8, 4) is 16.9 Å². The Labute approximate surface area is 103 Å².